The second kappa shape index (κ2) is 4.75. The number of hydrogen-bond donors (Lipinski definition) is 1. The van der Waals surface area contributed by atoms with Gasteiger partial charge in [0.2, 0.25) is 0 Å². The van der Waals surface area contributed by atoms with Gasteiger partial charge in [-0.1, -0.05) is 13.8 Å². The highest BCUT2D eigenvalue weighted by Gasteiger charge is 2.10. The molecule has 0 bridgehead atoms. The van der Waals surface area contributed by atoms with Crippen molar-refractivity contribution in [2.75, 3.05) is 0 Å². The molecule has 0 aliphatic heterocycles. The first-order valence-electron chi connectivity index (χ1n) is 4.19. The Labute approximate surface area is 95.4 Å². The van der Waals surface area contributed by atoms with Crippen LogP contribution in [0.5, 0.6) is 0 Å². The molecular weight excluding hydrogens is 264 g/mol. The van der Waals surface area contributed by atoms with Crippen LogP contribution in [0, 0.1) is 5.92 Å². The zero-order valence-electron chi connectivity index (χ0n) is 7.95. The maximum atomic E-state index is 10.6. The van der Waals surface area contributed by atoms with E-state index >= 15 is 0 Å². The lowest BCUT2D eigenvalue weighted by molar-refractivity contribution is -0.131. The SMILES string of the molecule is CC(C)/C(=C\C(=O)O)c1cc(Br)cs1. The van der Waals surface area contributed by atoms with Crippen LogP contribution in [0.3, 0.4) is 0 Å². The molecule has 1 aromatic heterocycles. The van der Waals surface area contributed by atoms with Gasteiger partial charge in [0.25, 0.3) is 0 Å². The number of thiophene rings is 1. The minimum absolute atomic E-state index is 0.219. The average molecular weight is 275 g/mol. The molecule has 2 nitrogen and oxygen atoms in total. The molecule has 1 rings (SSSR count). The van der Waals surface area contributed by atoms with Crippen LogP contribution in [-0.2, 0) is 4.79 Å². The number of halogens is 1. The number of carboxylic acid groups (broad SMARTS) is 1. The smallest absolute Gasteiger partial charge is 0.328 e. The van der Waals surface area contributed by atoms with Crippen LogP contribution in [0.1, 0.15) is 18.7 Å². The van der Waals surface area contributed by atoms with E-state index in [9.17, 15) is 4.79 Å². The lowest BCUT2D eigenvalue weighted by Gasteiger charge is -2.07. The van der Waals surface area contributed by atoms with Crippen LogP contribution in [0.4, 0.5) is 0 Å². The van der Waals surface area contributed by atoms with Crippen LogP contribution < -0.4 is 0 Å². The Bertz CT molecular complexity index is 366. The molecule has 1 N–H and O–H groups in total. The average Bonchev–Trinajstić information content (AvgIpc) is 2.46. The summed E-state index contributed by atoms with van der Waals surface area (Å²) in [5, 5.41) is 10.7. The number of carbonyl (C=O) groups is 1. The monoisotopic (exact) mass is 274 g/mol. The van der Waals surface area contributed by atoms with Gasteiger partial charge in [-0.2, -0.15) is 0 Å². The van der Waals surface area contributed by atoms with Crippen molar-refractivity contribution in [3.8, 4) is 0 Å². The van der Waals surface area contributed by atoms with Gasteiger partial charge in [0, 0.05) is 20.8 Å². The fourth-order valence-electron chi connectivity index (χ4n) is 1.12. The summed E-state index contributed by atoms with van der Waals surface area (Å²) in [6.45, 7) is 3.98. The Morgan fingerprint density at radius 2 is 2.29 bits per heavy atom. The first-order valence-corrected chi connectivity index (χ1v) is 5.87. The predicted molar refractivity (Wildman–Crippen MR) is 62.5 cm³/mol. The van der Waals surface area contributed by atoms with Gasteiger partial charge in [0.05, 0.1) is 0 Å². The van der Waals surface area contributed by atoms with E-state index in [2.05, 4.69) is 15.9 Å². The van der Waals surface area contributed by atoms with Crippen LogP contribution in [-0.4, -0.2) is 11.1 Å². The molecule has 1 heterocycles. The van der Waals surface area contributed by atoms with Crippen LogP contribution in [0.15, 0.2) is 22.0 Å². The molecule has 0 radical (unpaired) electrons. The van der Waals surface area contributed by atoms with Crippen molar-refractivity contribution in [1.29, 1.82) is 0 Å². The molecule has 0 amide bonds. The van der Waals surface area contributed by atoms with Gasteiger partial charge in [0.15, 0.2) is 0 Å². The highest BCUT2D eigenvalue weighted by molar-refractivity contribution is 9.10. The summed E-state index contributed by atoms with van der Waals surface area (Å²) >= 11 is 4.90. The number of allylic oxidation sites excluding steroid dienone is 1. The van der Waals surface area contributed by atoms with E-state index in [4.69, 9.17) is 5.11 Å². The first kappa shape index (κ1) is 11.5. The minimum atomic E-state index is -0.891. The van der Waals surface area contributed by atoms with E-state index in [0.717, 1.165) is 14.9 Å². The summed E-state index contributed by atoms with van der Waals surface area (Å²) in [5.41, 5.74) is 0.869. The molecule has 0 spiro atoms. The van der Waals surface area contributed by atoms with E-state index in [1.807, 2.05) is 25.3 Å². The largest absolute Gasteiger partial charge is 0.478 e. The molecule has 76 valence electrons. The van der Waals surface area contributed by atoms with Gasteiger partial charge < -0.3 is 5.11 Å². The molecule has 1 aromatic rings. The van der Waals surface area contributed by atoms with Crippen molar-refractivity contribution >= 4 is 38.8 Å². The van der Waals surface area contributed by atoms with E-state index in [0.29, 0.717) is 0 Å². The van der Waals surface area contributed by atoms with Crippen LogP contribution in [0.2, 0.25) is 0 Å². The van der Waals surface area contributed by atoms with Gasteiger partial charge in [-0.15, -0.1) is 11.3 Å². The second-order valence-corrected chi connectivity index (χ2v) is 5.05. The normalized spacial score (nSPS) is 12.1. The fraction of sp³-hybridized carbons (Fsp3) is 0.300. The third-order valence-electron chi connectivity index (χ3n) is 1.75. The summed E-state index contributed by atoms with van der Waals surface area (Å²) in [6, 6.07) is 1.94. The van der Waals surface area contributed by atoms with Gasteiger partial charge in [-0.25, -0.2) is 4.79 Å². The Morgan fingerprint density at radius 1 is 1.64 bits per heavy atom. The summed E-state index contributed by atoms with van der Waals surface area (Å²) in [4.78, 5) is 11.6. The molecule has 0 saturated heterocycles. The lowest BCUT2D eigenvalue weighted by Crippen LogP contribution is -1.96. The summed E-state index contributed by atoms with van der Waals surface area (Å²) in [5.74, 6) is -0.671. The summed E-state index contributed by atoms with van der Waals surface area (Å²) in [7, 11) is 0. The fourth-order valence-corrected chi connectivity index (χ4v) is 2.71. The number of carboxylic acids is 1. The molecule has 0 saturated carbocycles. The van der Waals surface area contributed by atoms with Crippen molar-refractivity contribution in [3.05, 3.63) is 26.9 Å². The molecule has 0 fully saturated rings. The van der Waals surface area contributed by atoms with E-state index in [1.54, 1.807) is 11.3 Å². The lowest BCUT2D eigenvalue weighted by atomic mass is 10.0. The zero-order valence-corrected chi connectivity index (χ0v) is 10.4. The topological polar surface area (TPSA) is 37.3 Å². The minimum Gasteiger partial charge on any atom is -0.478 e. The number of rotatable bonds is 3. The molecule has 0 aliphatic rings. The van der Waals surface area contributed by atoms with Crippen LogP contribution in [0.25, 0.3) is 5.57 Å². The molecular formula is C10H11BrO2S. The molecule has 14 heavy (non-hydrogen) atoms. The number of hydrogen-bond acceptors (Lipinski definition) is 2. The Balaban J connectivity index is 3.06. The molecule has 0 atom stereocenters. The van der Waals surface area contributed by atoms with Crippen molar-refractivity contribution < 1.29 is 9.90 Å². The van der Waals surface area contributed by atoms with E-state index in [1.165, 1.54) is 6.08 Å². The summed E-state index contributed by atoms with van der Waals surface area (Å²) in [6.07, 6.45) is 1.28. The van der Waals surface area contributed by atoms with Crippen molar-refractivity contribution in [3.63, 3.8) is 0 Å². The zero-order chi connectivity index (χ0) is 10.7. The highest BCUT2D eigenvalue weighted by atomic mass is 79.9. The Kier molecular flexibility index (Phi) is 3.89. The van der Waals surface area contributed by atoms with E-state index in [-0.39, 0.29) is 5.92 Å². The predicted octanol–water partition coefficient (Wildman–Crippen LogP) is 3.63. The standard InChI is InChI=1S/C10H11BrO2S/c1-6(2)8(4-10(12)13)9-3-7(11)5-14-9/h3-6H,1-2H3,(H,12,13)/b8-4+. The van der Waals surface area contributed by atoms with Crippen molar-refractivity contribution in [1.82, 2.24) is 0 Å². The van der Waals surface area contributed by atoms with Gasteiger partial charge in [-0.3, -0.25) is 0 Å². The third-order valence-corrected chi connectivity index (χ3v) is 3.49. The van der Waals surface area contributed by atoms with Gasteiger partial charge >= 0.3 is 5.97 Å². The second-order valence-electron chi connectivity index (χ2n) is 3.22. The Morgan fingerprint density at radius 3 is 2.64 bits per heavy atom. The van der Waals surface area contributed by atoms with Gasteiger partial charge in [0.1, 0.15) is 0 Å². The molecule has 0 unspecified atom stereocenters. The maximum absolute atomic E-state index is 10.6. The third kappa shape index (κ3) is 2.96. The Hall–Kier alpha value is -0.610. The summed E-state index contributed by atoms with van der Waals surface area (Å²) < 4.78 is 0.995. The molecule has 0 aromatic carbocycles. The van der Waals surface area contributed by atoms with Crippen molar-refractivity contribution in [2.24, 2.45) is 5.92 Å². The quantitative estimate of drug-likeness (QED) is 0.855. The molecule has 0 aliphatic carbocycles. The highest BCUT2D eigenvalue weighted by Crippen LogP contribution is 2.30. The number of aliphatic carboxylic acids is 1. The molecule has 4 heteroatoms. The van der Waals surface area contributed by atoms with Crippen molar-refractivity contribution in [2.45, 2.75) is 13.8 Å². The van der Waals surface area contributed by atoms with Crippen LogP contribution >= 0.6 is 27.3 Å². The maximum Gasteiger partial charge on any atom is 0.328 e. The van der Waals surface area contributed by atoms with Gasteiger partial charge in [-0.05, 0) is 33.5 Å². The van der Waals surface area contributed by atoms with E-state index < -0.39 is 5.97 Å². The first-order chi connectivity index (χ1) is 6.50.